The SMILES string of the molecule is O=C1C2CCC(c3ccccc3)CC2C(=O)N1c1ccc(Oc2cccc3ccccc23)cc1. The van der Waals surface area contributed by atoms with Gasteiger partial charge in [-0.25, -0.2) is 0 Å². The summed E-state index contributed by atoms with van der Waals surface area (Å²) in [4.78, 5) is 27.9. The van der Waals surface area contributed by atoms with E-state index in [2.05, 4.69) is 24.3 Å². The highest BCUT2D eigenvalue weighted by molar-refractivity contribution is 6.22. The summed E-state index contributed by atoms with van der Waals surface area (Å²) >= 11 is 0. The lowest BCUT2D eigenvalue weighted by molar-refractivity contribution is -0.122. The Morgan fingerprint density at radius 3 is 2.21 bits per heavy atom. The molecule has 4 nitrogen and oxygen atoms in total. The molecule has 3 atom stereocenters. The number of nitrogens with zero attached hydrogens (tertiary/aromatic N) is 1. The Bertz CT molecular complexity index is 1360. The van der Waals surface area contributed by atoms with Crippen molar-refractivity contribution in [2.24, 2.45) is 11.8 Å². The fourth-order valence-corrected chi connectivity index (χ4v) is 5.54. The van der Waals surface area contributed by atoms with Gasteiger partial charge in [-0.2, -0.15) is 0 Å². The average molecular weight is 448 g/mol. The first-order valence-electron chi connectivity index (χ1n) is 11.9. The van der Waals surface area contributed by atoms with E-state index >= 15 is 0 Å². The number of ether oxygens (including phenoxy) is 1. The number of benzene rings is 4. The predicted octanol–water partition coefficient (Wildman–Crippen LogP) is 6.71. The van der Waals surface area contributed by atoms with Gasteiger partial charge in [-0.05, 0) is 66.5 Å². The van der Waals surface area contributed by atoms with Crippen LogP contribution in [0.2, 0.25) is 0 Å². The van der Waals surface area contributed by atoms with Crippen LogP contribution in [0.3, 0.4) is 0 Å². The second-order valence-corrected chi connectivity index (χ2v) is 9.22. The van der Waals surface area contributed by atoms with Crippen molar-refractivity contribution in [3.8, 4) is 11.5 Å². The molecule has 34 heavy (non-hydrogen) atoms. The molecule has 3 unspecified atom stereocenters. The van der Waals surface area contributed by atoms with Gasteiger partial charge < -0.3 is 4.74 Å². The first-order valence-corrected chi connectivity index (χ1v) is 11.9. The number of carbonyl (C=O) groups is 2. The summed E-state index contributed by atoms with van der Waals surface area (Å²) in [6.45, 7) is 0. The van der Waals surface area contributed by atoms with E-state index in [9.17, 15) is 9.59 Å². The summed E-state index contributed by atoms with van der Waals surface area (Å²) in [6, 6.07) is 31.6. The van der Waals surface area contributed by atoms with Crippen molar-refractivity contribution in [1.29, 1.82) is 0 Å². The second-order valence-electron chi connectivity index (χ2n) is 9.22. The summed E-state index contributed by atoms with van der Waals surface area (Å²) in [7, 11) is 0. The number of hydrogen-bond donors (Lipinski definition) is 0. The minimum Gasteiger partial charge on any atom is -0.457 e. The Balaban J connectivity index is 1.21. The van der Waals surface area contributed by atoms with Gasteiger partial charge in [-0.1, -0.05) is 66.7 Å². The molecular weight excluding hydrogens is 422 g/mol. The molecule has 0 aromatic heterocycles. The van der Waals surface area contributed by atoms with E-state index in [1.807, 2.05) is 72.8 Å². The smallest absolute Gasteiger partial charge is 0.237 e. The lowest BCUT2D eigenvalue weighted by Gasteiger charge is -2.28. The Labute approximate surface area is 198 Å². The molecule has 0 bridgehead atoms. The standard InChI is InChI=1S/C30H25NO3/c32-29-26-18-13-22(20-7-2-1-3-8-20)19-27(26)30(33)31(29)23-14-16-24(17-15-23)34-28-12-6-10-21-9-4-5-11-25(21)28/h1-12,14-17,22,26-27H,13,18-19H2. The predicted molar refractivity (Wildman–Crippen MR) is 133 cm³/mol. The summed E-state index contributed by atoms with van der Waals surface area (Å²) in [5, 5.41) is 2.15. The monoisotopic (exact) mass is 447 g/mol. The molecule has 0 N–H and O–H groups in total. The van der Waals surface area contributed by atoms with Crippen molar-refractivity contribution < 1.29 is 14.3 Å². The van der Waals surface area contributed by atoms with Crippen LogP contribution in [0.1, 0.15) is 30.7 Å². The maximum atomic E-state index is 13.3. The summed E-state index contributed by atoms with van der Waals surface area (Å²) < 4.78 is 6.13. The number of amides is 2. The Morgan fingerprint density at radius 2 is 1.38 bits per heavy atom. The van der Waals surface area contributed by atoms with Gasteiger partial charge in [-0.3, -0.25) is 14.5 Å². The molecular formula is C30H25NO3. The van der Waals surface area contributed by atoms with Crippen LogP contribution >= 0.6 is 0 Å². The van der Waals surface area contributed by atoms with E-state index in [-0.39, 0.29) is 23.7 Å². The summed E-state index contributed by atoms with van der Waals surface area (Å²) in [5.41, 5.74) is 1.88. The quantitative estimate of drug-likeness (QED) is 0.327. The normalized spacial score (nSPS) is 22.1. The van der Waals surface area contributed by atoms with E-state index in [1.165, 1.54) is 10.5 Å². The third-order valence-corrected chi connectivity index (χ3v) is 7.27. The number of imide groups is 1. The summed E-state index contributed by atoms with van der Waals surface area (Å²) in [6.07, 6.45) is 2.43. The van der Waals surface area contributed by atoms with Crippen molar-refractivity contribution in [2.75, 3.05) is 4.90 Å². The molecule has 1 saturated heterocycles. The van der Waals surface area contributed by atoms with E-state index < -0.39 is 0 Å². The maximum absolute atomic E-state index is 13.3. The van der Waals surface area contributed by atoms with Gasteiger partial charge in [0.2, 0.25) is 11.8 Å². The topological polar surface area (TPSA) is 46.6 Å². The van der Waals surface area contributed by atoms with Gasteiger partial charge in [0.1, 0.15) is 11.5 Å². The van der Waals surface area contributed by atoms with Crippen LogP contribution in [0.25, 0.3) is 10.8 Å². The minimum atomic E-state index is -0.238. The highest BCUT2D eigenvalue weighted by Crippen LogP contribution is 2.45. The minimum absolute atomic E-state index is 0.0655. The van der Waals surface area contributed by atoms with Gasteiger partial charge in [0.15, 0.2) is 0 Å². The zero-order valence-electron chi connectivity index (χ0n) is 18.8. The largest absolute Gasteiger partial charge is 0.457 e. The van der Waals surface area contributed by atoms with Gasteiger partial charge in [0, 0.05) is 5.39 Å². The zero-order chi connectivity index (χ0) is 23.1. The molecule has 2 fully saturated rings. The van der Waals surface area contributed by atoms with Gasteiger partial charge in [0.25, 0.3) is 0 Å². The lowest BCUT2D eigenvalue weighted by Crippen LogP contribution is -2.30. The summed E-state index contributed by atoms with van der Waals surface area (Å²) in [5.74, 6) is 1.19. The molecule has 4 heteroatoms. The average Bonchev–Trinajstić information content (AvgIpc) is 3.14. The molecule has 2 amide bonds. The van der Waals surface area contributed by atoms with Gasteiger partial charge in [0.05, 0.1) is 17.5 Å². The highest BCUT2D eigenvalue weighted by Gasteiger charge is 2.50. The second kappa shape index (κ2) is 8.45. The van der Waals surface area contributed by atoms with Gasteiger partial charge in [-0.15, -0.1) is 0 Å². The molecule has 4 aromatic rings. The van der Waals surface area contributed by atoms with Crippen molar-refractivity contribution in [3.63, 3.8) is 0 Å². The Hall–Kier alpha value is -3.92. The molecule has 1 aliphatic carbocycles. The van der Waals surface area contributed by atoms with Crippen molar-refractivity contribution in [3.05, 3.63) is 103 Å². The third kappa shape index (κ3) is 3.56. The fourth-order valence-electron chi connectivity index (χ4n) is 5.54. The first kappa shape index (κ1) is 20.7. The lowest BCUT2D eigenvalue weighted by atomic mass is 9.73. The van der Waals surface area contributed by atoms with Crippen LogP contribution < -0.4 is 9.64 Å². The maximum Gasteiger partial charge on any atom is 0.237 e. The highest BCUT2D eigenvalue weighted by atomic mass is 16.5. The number of rotatable bonds is 4. The van der Waals surface area contributed by atoms with E-state index in [1.54, 1.807) is 0 Å². The molecule has 1 saturated carbocycles. The third-order valence-electron chi connectivity index (χ3n) is 7.27. The molecule has 4 aromatic carbocycles. The molecule has 1 aliphatic heterocycles. The van der Waals surface area contributed by atoms with Crippen LogP contribution in [0.4, 0.5) is 5.69 Å². The van der Waals surface area contributed by atoms with Crippen LogP contribution in [0.15, 0.2) is 97.1 Å². The first-order chi connectivity index (χ1) is 16.7. The Morgan fingerprint density at radius 1 is 0.676 bits per heavy atom. The van der Waals surface area contributed by atoms with Crippen LogP contribution in [-0.2, 0) is 9.59 Å². The number of anilines is 1. The van der Waals surface area contributed by atoms with Crippen LogP contribution in [0.5, 0.6) is 11.5 Å². The van der Waals surface area contributed by atoms with Crippen LogP contribution in [0, 0.1) is 11.8 Å². The number of hydrogen-bond acceptors (Lipinski definition) is 3. The zero-order valence-corrected chi connectivity index (χ0v) is 18.8. The van der Waals surface area contributed by atoms with E-state index in [0.29, 0.717) is 17.4 Å². The molecule has 0 spiro atoms. The molecule has 1 heterocycles. The molecule has 2 aliphatic rings. The van der Waals surface area contributed by atoms with Crippen LogP contribution in [-0.4, -0.2) is 11.8 Å². The molecule has 168 valence electrons. The Kier molecular flexibility index (Phi) is 5.14. The van der Waals surface area contributed by atoms with E-state index in [0.717, 1.165) is 35.8 Å². The molecule has 0 radical (unpaired) electrons. The van der Waals surface area contributed by atoms with E-state index in [4.69, 9.17) is 4.74 Å². The molecule has 6 rings (SSSR count). The van der Waals surface area contributed by atoms with Crippen molar-refractivity contribution in [1.82, 2.24) is 0 Å². The van der Waals surface area contributed by atoms with Gasteiger partial charge >= 0.3 is 0 Å². The van der Waals surface area contributed by atoms with Crippen molar-refractivity contribution >= 4 is 28.3 Å². The van der Waals surface area contributed by atoms with Crippen molar-refractivity contribution in [2.45, 2.75) is 25.2 Å². The number of carbonyl (C=O) groups excluding carboxylic acids is 2. The fraction of sp³-hybridized carbons (Fsp3) is 0.200. The number of fused-ring (bicyclic) bond motifs is 2.